The maximum absolute atomic E-state index is 13.1. The van der Waals surface area contributed by atoms with Gasteiger partial charge in [0.2, 0.25) is 0 Å². The first-order valence-electron chi connectivity index (χ1n) is 9.02. The monoisotopic (exact) mass is 403 g/mol. The van der Waals surface area contributed by atoms with Gasteiger partial charge in [-0.05, 0) is 56.2 Å². The number of hydrogen-bond donors (Lipinski definition) is 1. The molecule has 0 radical (unpaired) electrons. The first-order chi connectivity index (χ1) is 13.2. The molecular formula is C20H22FN3O3S. The van der Waals surface area contributed by atoms with E-state index in [0.29, 0.717) is 18.1 Å². The van der Waals surface area contributed by atoms with Crippen LogP contribution in [-0.2, 0) is 10.0 Å². The topological polar surface area (TPSA) is 78.8 Å². The molecule has 8 heteroatoms. The number of halogens is 1. The fourth-order valence-electron chi connectivity index (χ4n) is 3.15. The lowest BCUT2D eigenvalue weighted by molar-refractivity contribution is 0.0939. The molecule has 0 spiro atoms. The predicted molar refractivity (Wildman–Crippen MR) is 107 cm³/mol. The van der Waals surface area contributed by atoms with E-state index in [0.717, 1.165) is 12.0 Å². The number of hydrogen-bond acceptors (Lipinski definition) is 4. The highest BCUT2D eigenvalue weighted by molar-refractivity contribution is 7.90. The van der Waals surface area contributed by atoms with E-state index in [1.807, 2.05) is 11.8 Å². The van der Waals surface area contributed by atoms with Gasteiger partial charge in [0.25, 0.3) is 15.9 Å². The zero-order valence-corrected chi connectivity index (χ0v) is 16.8. The molecule has 0 fully saturated rings. The van der Waals surface area contributed by atoms with Gasteiger partial charge in [-0.25, -0.2) is 4.39 Å². The lowest BCUT2D eigenvalue weighted by Crippen LogP contribution is -2.35. The van der Waals surface area contributed by atoms with Crippen molar-refractivity contribution in [2.24, 2.45) is 4.40 Å². The van der Waals surface area contributed by atoms with Crippen LogP contribution in [0.3, 0.4) is 0 Å². The van der Waals surface area contributed by atoms with Crippen LogP contribution in [0.1, 0.15) is 49.2 Å². The largest absolute Gasteiger partial charge is 0.346 e. The highest BCUT2D eigenvalue weighted by Gasteiger charge is 2.29. The first kappa shape index (κ1) is 20.0. The molecule has 2 aromatic rings. The van der Waals surface area contributed by atoms with Crippen molar-refractivity contribution in [3.8, 4) is 0 Å². The number of amides is 1. The zero-order valence-electron chi connectivity index (χ0n) is 15.9. The second-order valence-electron chi connectivity index (χ2n) is 6.69. The lowest BCUT2D eigenvalue weighted by atomic mass is 10.1. The summed E-state index contributed by atoms with van der Waals surface area (Å²) in [5.74, 6) is -0.353. The van der Waals surface area contributed by atoms with E-state index >= 15 is 0 Å². The van der Waals surface area contributed by atoms with Crippen LogP contribution in [0.5, 0.6) is 0 Å². The number of amidine groups is 1. The number of carbonyl (C=O) groups excluding carboxylic acids is 1. The first-order valence-corrected chi connectivity index (χ1v) is 10.5. The van der Waals surface area contributed by atoms with Crippen LogP contribution in [0.25, 0.3) is 0 Å². The third kappa shape index (κ3) is 3.91. The molecule has 28 heavy (non-hydrogen) atoms. The molecule has 148 valence electrons. The maximum Gasteiger partial charge on any atom is 0.286 e. The summed E-state index contributed by atoms with van der Waals surface area (Å²) >= 11 is 0. The van der Waals surface area contributed by atoms with Gasteiger partial charge in [-0.1, -0.05) is 19.1 Å². The molecule has 0 saturated carbocycles. The lowest BCUT2D eigenvalue weighted by Gasteiger charge is -2.29. The van der Waals surface area contributed by atoms with Crippen LogP contribution in [0.4, 0.5) is 10.1 Å². The van der Waals surface area contributed by atoms with Crippen molar-refractivity contribution < 1.29 is 17.6 Å². The summed E-state index contributed by atoms with van der Waals surface area (Å²) in [5.41, 5.74) is 1.50. The molecule has 1 aliphatic heterocycles. The molecule has 6 nitrogen and oxygen atoms in total. The Hall–Kier alpha value is -2.74. The summed E-state index contributed by atoms with van der Waals surface area (Å²) in [4.78, 5) is 14.5. The Morgan fingerprint density at radius 3 is 2.54 bits per heavy atom. The van der Waals surface area contributed by atoms with Crippen molar-refractivity contribution in [3.05, 3.63) is 59.4 Å². The molecule has 1 heterocycles. The molecular weight excluding hydrogens is 381 g/mol. The molecule has 0 aromatic heterocycles. The molecule has 1 N–H and O–H groups in total. The molecule has 0 unspecified atom stereocenters. The van der Waals surface area contributed by atoms with E-state index in [4.69, 9.17) is 0 Å². The Morgan fingerprint density at radius 1 is 1.21 bits per heavy atom. The van der Waals surface area contributed by atoms with Gasteiger partial charge in [-0.15, -0.1) is 4.40 Å². The molecule has 1 amide bonds. The second kappa shape index (κ2) is 7.71. The average molecular weight is 403 g/mol. The smallest absolute Gasteiger partial charge is 0.286 e. The molecule has 2 aromatic carbocycles. The molecule has 1 atom stereocenters. The van der Waals surface area contributed by atoms with Crippen LogP contribution >= 0.6 is 0 Å². The van der Waals surface area contributed by atoms with Gasteiger partial charge in [0.15, 0.2) is 0 Å². The quantitative estimate of drug-likeness (QED) is 0.826. The van der Waals surface area contributed by atoms with Gasteiger partial charge in [0, 0.05) is 12.1 Å². The van der Waals surface area contributed by atoms with Gasteiger partial charge in [-0.2, -0.15) is 8.42 Å². The summed E-state index contributed by atoms with van der Waals surface area (Å²) in [6.07, 6.45) is 0.823. The minimum Gasteiger partial charge on any atom is -0.346 e. The van der Waals surface area contributed by atoms with Crippen molar-refractivity contribution in [2.75, 3.05) is 11.4 Å². The maximum atomic E-state index is 13.1. The van der Waals surface area contributed by atoms with Crippen LogP contribution in [0.2, 0.25) is 0 Å². The van der Waals surface area contributed by atoms with Crippen LogP contribution in [0, 0.1) is 5.82 Å². The Morgan fingerprint density at radius 2 is 1.89 bits per heavy atom. The minimum atomic E-state index is -3.86. The standard InChI is InChI=1S/C20H22FN3O3S/c1-4-11-24-14(3)23-28(26,27)19-12-16(7-10-18(19)24)20(25)22-13(2)15-5-8-17(21)9-6-15/h5-10,12-13H,4,11H2,1-3H3,(H,22,25)/t13-/m0/s1. The Bertz CT molecular complexity index is 1030. The number of benzene rings is 2. The second-order valence-corrected chi connectivity index (χ2v) is 8.27. The number of rotatable bonds is 5. The normalized spacial score (nSPS) is 16.1. The van der Waals surface area contributed by atoms with Crippen molar-refractivity contribution >= 4 is 27.5 Å². The van der Waals surface area contributed by atoms with Crippen LogP contribution < -0.4 is 10.2 Å². The number of sulfonamides is 1. The van der Waals surface area contributed by atoms with Crippen molar-refractivity contribution in [1.29, 1.82) is 0 Å². The van der Waals surface area contributed by atoms with Gasteiger partial charge in [-0.3, -0.25) is 4.79 Å². The highest BCUT2D eigenvalue weighted by Crippen LogP contribution is 2.32. The summed E-state index contributed by atoms with van der Waals surface area (Å²) in [6.45, 7) is 6.05. The third-order valence-corrected chi connectivity index (χ3v) is 5.99. The van der Waals surface area contributed by atoms with E-state index in [-0.39, 0.29) is 22.3 Å². The highest BCUT2D eigenvalue weighted by atomic mass is 32.2. The van der Waals surface area contributed by atoms with Crippen LogP contribution in [-0.4, -0.2) is 26.7 Å². The fraction of sp³-hybridized carbons (Fsp3) is 0.300. The predicted octanol–water partition coefficient (Wildman–Crippen LogP) is 3.65. The van der Waals surface area contributed by atoms with Gasteiger partial charge in [0.05, 0.1) is 11.7 Å². The van der Waals surface area contributed by atoms with Crippen LogP contribution in [0.15, 0.2) is 51.8 Å². The van der Waals surface area contributed by atoms with Gasteiger partial charge >= 0.3 is 0 Å². The molecule has 0 saturated heterocycles. The summed E-state index contributed by atoms with van der Waals surface area (Å²) in [7, 11) is -3.86. The number of carbonyl (C=O) groups is 1. The van der Waals surface area contributed by atoms with Gasteiger partial charge < -0.3 is 10.2 Å². The third-order valence-electron chi connectivity index (χ3n) is 4.60. The summed E-state index contributed by atoms with van der Waals surface area (Å²) < 4.78 is 41.9. The van der Waals surface area contributed by atoms with E-state index in [1.54, 1.807) is 38.1 Å². The molecule has 0 bridgehead atoms. The van der Waals surface area contributed by atoms with E-state index in [9.17, 15) is 17.6 Å². The molecule has 3 rings (SSSR count). The zero-order chi connectivity index (χ0) is 20.5. The summed E-state index contributed by atoms with van der Waals surface area (Å²) in [6, 6.07) is 10.1. The minimum absolute atomic E-state index is 0.0219. The van der Waals surface area contributed by atoms with Crippen molar-refractivity contribution in [2.45, 2.75) is 38.1 Å². The average Bonchev–Trinajstić information content (AvgIpc) is 2.65. The van der Waals surface area contributed by atoms with E-state index in [2.05, 4.69) is 9.71 Å². The van der Waals surface area contributed by atoms with E-state index < -0.39 is 15.9 Å². The number of anilines is 1. The fourth-order valence-corrected chi connectivity index (χ4v) is 4.42. The number of nitrogens with zero attached hydrogens (tertiary/aromatic N) is 2. The Kier molecular flexibility index (Phi) is 5.51. The van der Waals surface area contributed by atoms with Crippen molar-refractivity contribution in [1.82, 2.24) is 5.32 Å². The van der Waals surface area contributed by atoms with Crippen molar-refractivity contribution in [3.63, 3.8) is 0 Å². The molecule has 0 aliphatic carbocycles. The van der Waals surface area contributed by atoms with Gasteiger partial charge in [0.1, 0.15) is 16.5 Å². The SMILES string of the molecule is CCCN1C(C)=NS(=O)(=O)c2cc(C(=O)N[C@@H](C)c3ccc(F)cc3)ccc21. The summed E-state index contributed by atoms with van der Waals surface area (Å²) in [5, 5.41) is 2.81. The number of fused-ring (bicyclic) bond motifs is 1. The number of nitrogens with one attached hydrogen (secondary N) is 1. The Labute approximate surface area is 164 Å². The molecule has 1 aliphatic rings. The Balaban J connectivity index is 1.89. The van der Waals surface area contributed by atoms with E-state index in [1.165, 1.54) is 18.2 Å².